The van der Waals surface area contributed by atoms with E-state index in [0.717, 1.165) is 11.8 Å². The maximum Gasteiger partial charge on any atom is 0.337 e. The van der Waals surface area contributed by atoms with Gasteiger partial charge in [0.05, 0.1) is 11.5 Å². The normalized spacial score (nSPS) is 17.0. The first-order valence-corrected chi connectivity index (χ1v) is 6.26. The molecule has 1 aromatic rings. The van der Waals surface area contributed by atoms with Crippen molar-refractivity contribution in [2.75, 3.05) is 11.4 Å². The van der Waals surface area contributed by atoms with Crippen molar-refractivity contribution < 1.29 is 24.7 Å². The largest absolute Gasteiger partial charge is 0.479 e. The monoisotopic (exact) mass is 294 g/mol. The van der Waals surface area contributed by atoms with Gasteiger partial charge in [-0.05, 0) is 25.0 Å². The minimum absolute atomic E-state index is 0.0898. The molecule has 112 valence electrons. The molecule has 0 aromatic heterocycles. The molecule has 0 bridgehead atoms. The number of β-amino-alcohol motifs (C(OH)–C–C–N with tert-alkyl or cyclic N) is 1. The van der Waals surface area contributed by atoms with Crippen molar-refractivity contribution in [2.24, 2.45) is 0 Å². The SMILES string of the molecule is CC(O)(CN1C(=O)CCc2cc([N+](=O)[O-])ccc21)C(=O)O. The molecule has 8 heteroatoms. The van der Waals surface area contributed by atoms with Crippen LogP contribution in [0.3, 0.4) is 0 Å². The van der Waals surface area contributed by atoms with Gasteiger partial charge in [-0.1, -0.05) is 0 Å². The number of aliphatic carboxylic acids is 1. The van der Waals surface area contributed by atoms with Crippen molar-refractivity contribution >= 4 is 23.3 Å². The first-order valence-electron chi connectivity index (χ1n) is 6.26. The Kier molecular flexibility index (Phi) is 3.65. The molecule has 0 spiro atoms. The number of nitrogens with zero attached hydrogens (tertiary/aromatic N) is 2. The van der Waals surface area contributed by atoms with Crippen molar-refractivity contribution in [3.8, 4) is 0 Å². The summed E-state index contributed by atoms with van der Waals surface area (Å²) in [5, 5.41) is 29.5. The molecule has 1 aliphatic rings. The van der Waals surface area contributed by atoms with Gasteiger partial charge in [-0.2, -0.15) is 0 Å². The van der Waals surface area contributed by atoms with E-state index in [-0.39, 0.29) is 18.0 Å². The Morgan fingerprint density at radius 3 is 2.71 bits per heavy atom. The quantitative estimate of drug-likeness (QED) is 0.623. The number of hydrogen-bond acceptors (Lipinski definition) is 5. The van der Waals surface area contributed by atoms with Gasteiger partial charge in [-0.3, -0.25) is 14.9 Å². The minimum Gasteiger partial charge on any atom is -0.479 e. The summed E-state index contributed by atoms with van der Waals surface area (Å²) in [6.07, 6.45) is 0.464. The number of aryl methyl sites for hydroxylation is 1. The molecule has 1 atom stereocenters. The van der Waals surface area contributed by atoms with Gasteiger partial charge in [0.25, 0.3) is 5.69 Å². The molecule has 8 nitrogen and oxygen atoms in total. The van der Waals surface area contributed by atoms with Crippen molar-refractivity contribution in [3.05, 3.63) is 33.9 Å². The van der Waals surface area contributed by atoms with Crippen LogP contribution >= 0.6 is 0 Å². The highest BCUT2D eigenvalue weighted by Gasteiger charge is 2.37. The number of non-ortho nitro benzene ring substituents is 1. The van der Waals surface area contributed by atoms with Gasteiger partial charge >= 0.3 is 5.97 Å². The number of nitro benzene ring substituents is 1. The lowest BCUT2D eigenvalue weighted by molar-refractivity contribution is -0.384. The zero-order chi connectivity index (χ0) is 15.8. The predicted molar refractivity (Wildman–Crippen MR) is 72.0 cm³/mol. The van der Waals surface area contributed by atoms with Crippen molar-refractivity contribution in [3.63, 3.8) is 0 Å². The van der Waals surface area contributed by atoms with Crippen molar-refractivity contribution in [2.45, 2.75) is 25.4 Å². The van der Waals surface area contributed by atoms with Crippen LogP contribution in [0.15, 0.2) is 18.2 Å². The molecule has 0 radical (unpaired) electrons. The van der Waals surface area contributed by atoms with Crippen LogP contribution in [0.1, 0.15) is 18.9 Å². The number of hydrogen-bond donors (Lipinski definition) is 2. The topological polar surface area (TPSA) is 121 Å². The molecule has 0 aliphatic carbocycles. The minimum atomic E-state index is -2.09. The number of anilines is 1. The van der Waals surface area contributed by atoms with Gasteiger partial charge in [-0.15, -0.1) is 0 Å². The lowest BCUT2D eigenvalue weighted by Crippen LogP contribution is -2.50. The number of nitro groups is 1. The molecule has 2 N–H and O–H groups in total. The Balaban J connectivity index is 2.39. The lowest BCUT2D eigenvalue weighted by atomic mass is 9.98. The van der Waals surface area contributed by atoms with Crippen molar-refractivity contribution in [1.82, 2.24) is 0 Å². The second-order valence-corrected chi connectivity index (χ2v) is 5.13. The summed E-state index contributed by atoms with van der Waals surface area (Å²) < 4.78 is 0. The van der Waals surface area contributed by atoms with Gasteiger partial charge in [-0.25, -0.2) is 4.79 Å². The number of carbonyl (C=O) groups is 2. The summed E-state index contributed by atoms with van der Waals surface area (Å²) in [4.78, 5) is 34.3. The fraction of sp³-hybridized carbons (Fsp3) is 0.385. The summed E-state index contributed by atoms with van der Waals surface area (Å²) in [5.74, 6) is -1.76. The highest BCUT2D eigenvalue weighted by atomic mass is 16.6. The van der Waals surface area contributed by atoms with Gasteiger partial charge in [0.2, 0.25) is 5.91 Å². The molecule has 0 saturated carbocycles. The van der Waals surface area contributed by atoms with Gasteiger partial charge < -0.3 is 15.1 Å². The van der Waals surface area contributed by atoms with Gasteiger partial charge in [0.1, 0.15) is 0 Å². The zero-order valence-electron chi connectivity index (χ0n) is 11.3. The third-order valence-electron chi connectivity index (χ3n) is 3.40. The zero-order valence-corrected chi connectivity index (χ0v) is 11.3. The summed E-state index contributed by atoms with van der Waals surface area (Å²) in [7, 11) is 0. The molecule has 2 rings (SSSR count). The van der Waals surface area contributed by atoms with E-state index < -0.39 is 23.0 Å². The standard InChI is InChI=1S/C13H14N2O6/c1-13(19,12(17)18)7-14-10-4-3-9(15(20)21)6-8(10)2-5-11(14)16/h3-4,6,19H,2,5,7H2,1H3,(H,17,18). The number of carboxylic acid groups (broad SMARTS) is 1. The van der Waals surface area contributed by atoms with Crippen LogP contribution in [0.2, 0.25) is 0 Å². The summed E-state index contributed by atoms with van der Waals surface area (Å²) >= 11 is 0. The smallest absolute Gasteiger partial charge is 0.337 e. The van der Waals surface area contributed by atoms with E-state index in [4.69, 9.17) is 5.11 Å². The molecule has 0 fully saturated rings. The Bertz CT molecular complexity index is 625. The Morgan fingerprint density at radius 1 is 1.48 bits per heavy atom. The van der Waals surface area contributed by atoms with E-state index in [1.807, 2.05) is 0 Å². The van der Waals surface area contributed by atoms with E-state index in [2.05, 4.69) is 0 Å². The van der Waals surface area contributed by atoms with E-state index >= 15 is 0 Å². The predicted octanol–water partition coefficient (Wildman–Crippen LogP) is 0.710. The number of carboxylic acids is 1. The Morgan fingerprint density at radius 2 is 2.14 bits per heavy atom. The highest BCUT2D eigenvalue weighted by molar-refractivity contribution is 5.97. The average molecular weight is 294 g/mol. The number of amides is 1. The fourth-order valence-corrected chi connectivity index (χ4v) is 2.21. The van der Waals surface area contributed by atoms with Crippen LogP contribution in [0.25, 0.3) is 0 Å². The second kappa shape index (κ2) is 5.13. The maximum absolute atomic E-state index is 12.0. The molecule has 1 heterocycles. The van der Waals surface area contributed by atoms with Crippen LogP contribution in [0.4, 0.5) is 11.4 Å². The molecule has 0 saturated heterocycles. The Labute approximate surface area is 119 Å². The summed E-state index contributed by atoms with van der Waals surface area (Å²) in [5.41, 5.74) is -1.19. The number of carbonyl (C=O) groups excluding carboxylic acids is 1. The molecule has 1 amide bonds. The van der Waals surface area contributed by atoms with E-state index in [1.54, 1.807) is 0 Å². The molecule has 1 unspecified atom stereocenters. The van der Waals surface area contributed by atoms with Crippen LogP contribution in [-0.4, -0.2) is 39.2 Å². The molecule has 21 heavy (non-hydrogen) atoms. The van der Waals surface area contributed by atoms with Crippen molar-refractivity contribution in [1.29, 1.82) is 0 Å². The van der Waals surface area contributed by atoms with Crippen LogP contribution in [-0.2, 0) is 16.0 Å². The van der Waals surface area contributed by atoms with Crippen LogP contribution < -0.4 is 4.90 Å². The molecule has 1 aliphatic heterocycles. The average Bonchev–Trinajstić information content (AvgIpc) is 2.41. The first-order chi connectivity index (χ1) is 9.72. The summed E-state index contributed by atoms with van der Waals surface area (Å²) in [6, 6.07) is 4.02. The van der Waals surface area contributed by atoms with E-state index in [9.17, 15) is 24.8 Å². The number of benzene rings is 1. The number of aliphatic hydroxyl groups is 1. The second-order valence-electron chi connectivity index (χ2n) is 5.13. The first kappa shape index (κ1) is 14.9. The highest BCUT2D eigenvalue weighted by Crippen LogP contribution is 2.32. The third kappa shape index (κ3) is 2.84. The lowest BCUT2D eigenvalue weighted by Gasteiger charge is -2.33. The summed E-state index contributed by atoms with van der Waals surface area (Å²) in [6.45, 7) is 0.689. The van der Waals surface area contributed by atoms with Gasteiger partial charge in [0, 0.05) is 24.2 Å². The third-order valence-corrected chi connectivity index (χ3v) is 3.40. The number of fused-ring (bicyclic) bond motifs is 1. The maximum atomic E-state index is 12.0. The van der Waals surface area contributed by atoms with E-state index in [1.165, 1.54) is 18.2 Å². The van der Waals surface area contributed by atoms with Crippen LogP contribution in [0, 0.1) is 10.1 Å². The molecule has 1 aromatic carbocycles. The number of rotatable bonds is 4. The van der Waals surface area contributed by atoms with Crippen LogP contribution in [0.5, 0.6) is 0 Å². The fourth-order valence-electron chi connectivity index (χ4n) is 2.21. The van der Waals surface area contributed by atoms with E-state index in [0.29, 0.717) is 17.7 Å². The molecular weight excluding hydrogens is 280 g/mol. The van der Waals surface area contributed by atoms with Gasteiger partial charge in [0.15, 0.2) is 5.60 Å². The molecular formula is C13H14N2O6. The Hall–Kier alpha value is -2.48.